The number of rotatable bonds is 1. The van der Waals surface area contributed by atoms with E-state index in [1.54, 1.807) is 0 Å². The number of hydrogen-bond donors (Lipinski definition) is 1. The third-order valence-corrected chi connectivity index (χ3v) is 6.00. The molecule has 1 atom stereocenters. The molecule has 5 heteroatoms. The number of aromatic nitrogens is 1. The number of aromatic amines is 1. The Hall–Kier alpha value is -1.19. The summed E-state index contributed by atoms with van der Waals surface area (Å²) >= 11 is 12.3. The van der Waals surface area contributed by atoms with E-state index in [0.29, 0.717) is 13.0 Å². The molecule has 1 unspecified atom stereocenters. The summed E-state index contributed by atoms with van der Waals surface area (Å²) < 4.78 is -0.898. The van der Waals surface area contributed by atoms with Crippen LogP contribution in [0, 0.1) is 5.41 Å². The predicted octanol–water partition coefficient (Wildman–Crippen LogP) is 3.64. The van der Waals surface area contributed by atoms with Gasteiger partial charge in [-0.2, -0.15) is 0 Å². The zero-order valence-electron chi connectivity index (χ0n) is 11.7. The quantitative estimate of drug-likeness (QED) is 0.799. The van der Waals surface area contributed by atoms with Crippen molar-refractivity contribution in [2.75, 3.05) is 6.54 Å². The second kappa shape index (κ2) is 4.17. The highest BCUT2D eigenvalue weighted by Crippen LogP contribution is 2.64. The third-order valence-electron chi connectivity index (χ3n) is 4.90. The second-order valence-corrected chi connectivity index (χ2v) is 7.80. The molecule has 1 aromatic carbocycles. The standard InChI is InChI=1S/C16H16Cl2N2O/c1-15(9-16(15,17)18)14(21)20-7-6-13-11(8-20)10-4-2-3-5-12(10)19-13/h2-5,19H,6-9H2,1H3. The lowest BCUT2D eigenvalue weighted by molar-refractivity contribution is -0.137. The lowest BCUT2D eigenvalue weighted by atomic mass is 10.0. The predicted molar refractivity (Wildman–Crippen MR) is 84.6 cm³/mol. The maximum absolute atomic E-state index is 12.7. The molecule has 1 amide bonds. The van der Waals surface area contributed by atoms with Gasteiger partial charge in [0, 0.05) is 41.7 Å². The molecule has 2 aliphatic rings. The highest BCUT2D eigenvalue weighted by Gasteiger charge is 2.68. The molecule has 1 aromatic heterocycles. The number of halogens is 2. The number of hydrogen-bond acceptors (Lipinski definition) is 1. The average molecular weight is 323 g/mol. The molecular weight excluding hydrogens is 307 g/mol. The average Bonchev–Trinajstić information content (AvgIpc) is 2.83. The molecule has 3 nitrogen and oxygen atoms in total. The molecule has 1 N–H and O–H groups in total. The summed E-state index contributed by atoms with van der Waals surface area (Å²) in [5, 5.41) is 1.20. The van der Waals surface area contributed by atoms with Crippen LogP contribution >= 0.6 is 23.2 Å². The Labute approximate surface area is 133 Å². The Morgan fingerprint density at radius 2 is 2.05 bits per heavy atom. The van der Waals surface area contributed by atoms with Gasteiger partial charge in [-0.3, -0.25) is 4.79 Å². The highest BCUT2D eigenvalue weighted by atomic mass is 35.5. The summed E-state index contributed by atoms with van der Waals surface area (Å²) in [4.78, 5) is 18.1. The first-order valence-corrected chi connectivity index (χ1v) is 7.94. The van der Waals surface area contributed by atoms with Crippen LogP contribution in [0.15, 0.2) is 24.3 Å². The van der Waals surface area contributed by atoms with Crippen molar-refractivity contribution in [3.05, 3.63) is 35.5 Å². The van der Waals surface area contributed by atoms with E-state index in [2.05, 4.69) is 17.1 Å². The fraction of sp³-hybridized carbons (Fsp3) is 0.438. The molecule has 110 valence electrons. The van der Waals surface area contributed by atoms with Gasteiger partial charge in [0.05, 0.1) is 5.41 Å². The molecule has 1 aliphatic heterocycles. The van der Waals surface area contributed by atoms with Crippen molar-refractivity contribution in [3.63, 3.8) is 0 Å². The second-order valence-electron chi connectivity index (χ2n) is 6.32. The molecule has 0 bridgehead atoms. The summed E-state index contributed by atoms with van der Waals surface area (Å²) in [5.74, 6) is 0.0726. The van der Waals surface area contributed by atoms with Gasteiger partial charge in [0.1, 0.15) is 4.33 Å². The van der Waals surface area contributed by atoms with Crippen molar-refractivity contribution >= 4 is 40.0 Å². The number of nitrogens with one attached hydrogen (secondary N) is 1. The lowest BCUT2D eigenvalue weighted by Gasteiger charge is -2.30. The molecule has 2 heterocycles. The van der Waals surface area contributed by atoms with E-state index in [1.165, 1.54) is 16.6 Å². The van der Waals surface area contributed by atoms with E-state index < -0.39 is 9.75 Å². The number of nitrogens with zero attached hydrogens (tertiary/aromatic N) is 1. The third kappa shape index (κ3) is 1.84. The summed E-state index contributed by atoms with van der Waals surface area (Å²) in [6, 6.07) is 8.23. The van der Waals surface area contributed by atoms with Crippen LogP contribution in [0.5, 0.6) is 0 Å². The Morgan fingerprint density at radius 3 is 2.76 bits per heavy atom. The number of alkyl halides is 2. The number of fused-ring (bicyclic) bond motifs is 3. The van der Waals surface area contributed by atoms with Crippen LogP contribution in [0.3, 0.4) is 0 Å². The van der Waals surface area contributed by atoms with Crippen molar-refractivity contribution in [3.8, 4) is 0 Å². The fourth-order valence-corrected chi connectivity index (χ4v) is 4.02. The lowest BCUT2D eigenvalue weighted by Crippen LogP contribution is -2.41. The van der Waals surface area contributed by atoms with Crippen molar-refractivity contribution < 1.29 is 4.79 Å². The van der Waals surface area contributed by atoms with E-state index >= 15 is 0 Å². The fourth-order valence-electron chi connectivity index (χ4n) is 3.32. The Balaban J connectivity index is 1.66. The van der Waals surface area contributed by atoms with Gasteiger partial charge >= 0.3 is 0 Å². The summed E-state index contributed by atoms with van der Waals surface area (Å²) in [7, 11) is 0. The number of amides is 1. The van der Waals surface area contributed by atoms with E-state index in [9.17, 15) is 4.79 Å². The van der Waals surface area contributed by atoms with Crippen LogP contribution in [-0.2, 0) is 17.8 Å². The van der Waals surface area contributed by atoms with Crippen molar-refractivity contribution in [2.45, 2.75) is 30.6 Å². The Bertz CT molecular complexity index is 752. The highest BCUT2D eigenvalue weighted by molar-refractivity contribution is 6.53. The van der Waals surface area contributed by atoms with Crippen molar-refractivity contribution in [1.82, 2.24) is 9.88 Å². The molecule has 21 heavy (non-hydrogen) atoms. The van der Waals surface area contributed by atoms with E-state index in [4.69, 9.17) is 23.2 Å². The maximum atomic E-state index is 12.7. The summed E-state index contributed by atoms with van der Waals surface area (Å²) in [6.07, 6.45) is 1.39. The van der Waals surface area contributed by atoms with Gasteiger partial charge in [0.2, 0.25) is 5.91 Å². The Morgan fingerprint density at radius 1 is 1.33 bits per heavy atom. The Kier molecular flexibility index (Phi) is 2.68. The normalized spacial score (nSPS) is 26.7. The molecule has 0 saturated heterocycles. The minimum absolute atomic E-state index is 0.0726. The number of H-pyrrole nitrogens is 1. The molecule has 0 spiro atoms. The monoisotopic (exact) mass is 322 g/mol. The largest absolute Gasteiger partial charge is 0.358 e. The smallest absolute Gasteiger partial charge is 0.231 e. The minimum atomic E-state index is -0.898. The number of carbonyl (C=O) groups excluding carboxylic acids is 1. The first-order valence-electron chi connectivity index (χ1n) is 7.18. The molecule has 1 aliphatic carbocycles. The molecule has 0 radical (unpaired) electrons. The van der Waals surface area contributed by atoms with Crippen molar-refractivity contribution in [2.24, 2.45) is 5.41 Å². The number of para-hydroxylation sites is 1. The van der Waals surface area contributed by atoms with Gasteiger partial charge in [-0.25, -0.2) is 0 Å². The van der Waals surface area contributed by atoms with Gasteiger partial charge in [0.15, 0.2) is 0 Å². The van der Waals surface area contributed by atoms with Crippen LogP contribution in [0.2, 0.25) is 0 Å². The van der Waals surface area contributed by atoms with Crippen LogP contribution in [-0.4, -0.2) is 26.7 Å². The molecule has 1 fully saturated rings. The van der Waals surface area contributed by atoms with E-state index in [1.807, 2.05) is 24.0 Å². The van der Waals surface area contributed by atoms with Crippen molar-refractivity contribution in [1.29, 1.82) is 0 Å². The molecule has 1 saturated carbocycles. The van der Waals surface area contributed by atoms with E-state index in [0.717, 1.165) is 18.5 Å². The van der Waals surface area contributed by atoms with E-state index in [-0.39, 0.29) is 5.91 Å². The number of benzene rings is 1. The summed E-state index contributed by atoms with van der Waals surface area (Å²) in [6.45, 7) is 3.22. The topological polar surface area (TPSA) is 36.1 Å². The van der Waals surface area contributed by atoms with Gasteiger partial charge < -0.3 is 9.88 Å². The minimum Gasteiger partial charge on any atom is -0.358 e. The SMILES string of the molecule is CC1(C(=O)N2CCc3[nH]c4ccccc4c3C2)CC1(Cl)Cl. The van der Waals surface area contributed by atoms with Gasteiger partial charge in [-0.05, 0) is 19.4 Å². The van der Waals surface area contributed by atoms with Gasteiger partial charge in [-0.1, -0.05) is 18.2 Å². The first-order chi connectivity index (χ1) is 9.92. The number of carbonyl (C=O) groups is 1. The first kappa shape index (κ1) is 13.5. The van der Waals surface area contributed by atoms with Gasteiger partial charge in [-0.15, -0.1) is 23.2 Å². The van der Waals surface area contributed by atoms with Gasteiger partial charge in [0.25, 0.3) is 0 Å². The van der Waals surface area contributed by atoms with Crippen LogP contribution < -0.4 is 0 Å². The summed E-state index contributed by atoms with van der Waals surface area (Å²) in [5.41, 5.74) is 2.98. The molecule has 2 aromatic rings. The zero-order valence-corrected chi connectivity index (χ0v) is 13.3. The molecular formula is C16H16Cl2N2O. The zero-order chi connectivity index (χ0) is 14.8. The maximum Gasteiger partial charge on any atom is 0.231 e. The van der Waals surface area contributed by atoms with Crippen LogP contribution in [0.4, 0.5) is 0 Å². The molecule has 4 rings (SSSR count). The van der Waals surface area contributed by atoms with Crippen LogP contribution in [0.1, 0.15) is 24.6 Å². The van der Waals surface area contributed by atoms with Crippen LogP contribution in [0.25, 0.3) is 10.9 Å².